The number of hydrogen-bond donors (Lipinski definition) is 0. The SMILES string of the molecule is COCCN(CC1CO1)S(=O)(=O)c1ccccc1C. The topological polar surface area (TPSA) is 59.1 Å². The van der Waals surface area contributed by atoms with E-state index in [2.05, 4.69) is 0 Å². The molecule has 1 aromatic rings. The molecule has 0 N–H and O–H groups in total. The normalized spacial score (nSPS) is 18.8. The second-order valence-corrected chi connectivity index (χ2v) is 6.48. The molecule has 1 heterocycles. The van der Waals surface area contributed by atoms with Gasteiger partial charge in [-0.2, -0.15) is 4.31 Å². The van der Waals surface area contributed by atoms with Crippen LogP contribution in [0.1, 0.15) is 5.56 Å². The summed E-state index contributed by atoms with van der Waals surface area (Å²) in [5.74, 6) is 0. The lowest BCUT2D eigenvalue weighted by Gasteiger charge is -2.22. The molecule has 0 spiro atoms. The summed E-state index contributed by atoms with van der Waals surface area (Å²) in [7, 11) is -1.92. The molecule has 2 rings (SSSR count). The lowest BCUT2D eigenvalue weighted by atomic mass is 10.2. The summed E-state index contributed by atoms with van der Waals surface area (Å²) in [6.07, 6.45) is 0.0237. The van der Waals surface area contributed by atoms with Gasteiger partial charge in [-0.25, -0.2) is 8.42 Å². The van der Waals surface area contributed by atoms with Crippen molar-refractivity contribution in [2.75, 3.05) is 33.4 Å². The molecule has 1 fully saturated rings. The van der Waals surface area contributed by atoms with Crippen LogP contribution in [0.2, 0.25) is 0 Å². The molecule has 106 valence electrons. The zero-order valence-corrected chi connectivity index (χ0v) is 12.0. The first-order chi connectivity index (χ1) is 9.05. The second kappa shape index (κ2) is 6.00. The van der Waals surface area contributed by atoms with Crippen molar-refractivity contribution in [3.63, 3.8) is 0 Å². The first kappa shape index (κ1) is 14.5. The zero-order chi connectivity index (χ0) is 13.9. The van der Waals surface area contributed by atoms with E-state index in [0.717, 1.165) is 5.56 Å². The Labute approximate surface area is 114 Å². The van der Waals surface area contributed by atoms with E-state index >= 15 is 0 Å². The molecule has 6 heteroatoms. The number of aryl methyl sites for hydroxylation is 1. The van der Waals surface area contributed by atoms with Crippen LogP contribution in [0.25, 0.3) is 0 Å². The summed E-state index contributed by atoms with van der Waals surface area (Å²) in [5, 5.41) is 0. The highest BCUT2D eigenvalue weighted by Crippen LogP contribution is 2.22. The highest BCUT2D eigenvalue weighted by molar-refractivity contribution is 7.89. The Kier molecular flexibility index (Phi) is 4.57. The predicted molar refractivity (Wildman–Crippen MR) is 71.6 cm³/mol. The monoisotopic (exact) mass is 285 g/mol. The maximum Gasteiger partial charge on any atom is 0.243 e. The van der Waals surface area contributed by atoms with Crippen LogP contribution in [0.3, 0.4) is 0 Å². The van der Waals surface area contributed by atoms with Gasteiger partial charge in [0.2, 0.25) is 10.0 Å². The molecule has 1 aliphatic rings. The molecule has 5 nitrogen and oxygen atoms in total. The average molecular weight is 285 g/mol. The number of nitrogens with zero attached hydrogens (tertiary/aromatic N) is 1. The van der Waals surface area contributed by atoms with Crippen LogP contribution in [-0.4, -0.2) is 52.2 Å². The minimum Gasteiger partial charge on any atom is -0.383 e. The van der Waals surface area contributed by atoms with Crippen LogP contribution in [-0.2, 0) is 19.5 Å². The van der Waals surface area contributed by atoms with Gasteiger partial charge < -0.3 is 9.47 Å². The van der Waals surface area contributed by atoms with Crippen LogP contribution in [0.5, 0.6) is 0 Å². The molecule has 1 aromatic carbocycles. The van der Waals surface area contributed by atoms with Crippen molar-refractivity contribution in [3.8, 4) is 0 Å². The Morgan fingerprint density at radius 2 is 2.11 bits per heavy atom. The zero-order valence-electron chi connectivity index (χ0n) is 11.2. The molecule has 0 radical (unpaired) electrons. The Hall–Kier alpha value is -0.950. The number of rotatable bonds is 7. The number of methoxy groups -OCH3 is 1. The van der Waals surface area contributed by atoms with E-state index in [9.17, 15) is 8.42 Å². The number of hydrogen-bond acceptors (Lipinski definition) is 4. The summed E-state index contributed by atoms with van der Waals surface area (Å²) < 4.78 is 36.8. The fourth-order valence-corrected chi connectivity index (χ4v) is 3.57. The van der Waals surface area contributed by atoms with E-state index in [1.807, 2.05) is 6.07 Å². The van der Waals surface area contributed by atoms with Crippen LogP contribution in [0.15, 0.2) is 29.2 Å². The number of ether oxygens (including phenoxy) is 2. The Balaban J connectivity index is 2.24. The van der Waals surface area contributed by atoms with Gasteiger partial charge in [0.25, 0.3) is 0 Å². The molecule has 1 saturated heterocycles. The minimum absolute atomic E-state index is 0.0237. The maximum absolute atomic E-state index is 12.6. The van der Waals surface area contributed by atoms with Crippen LogP contribution < -0.4 is 0 Å². The van der Waals surface area contributed by atoms with Gasteiger partial charge in [0.05, 0.1) is 24.2 Å². The van der Waals surface area contributed by atoms with Gasteiger partial charge in [0.15, 0.2) is 0 Å². The Morgan fingerprint density at radius 3 is 2.68 bits per heavy atom. The molecule has 0 amide bonds. The summed E-state index contributed by atoms with van der Waals surface area (Å²) in [5.41, 5.74) is 0.752. The van der Waals surface area contributed by atoms with Gasteiger partial charge in [-0.05, 0) is 18.6 Å². The van der Waals surface area contributed by atoms with Crippen LogP contribution in [0, 0.1) is 6.92 Å². The first-order valence-electron chi connectivity index (χ1n) is 6.22. The van der Waals surface area contributed by atoms with E-state index in [1.165, 1.54) is 4.31 Å². The summed E-state index contributed by atoms with van der Waals surface area (Å²) in [4.78, 5) is 0.353. The van der Waals surface area contributed by atoms with Crippen molar-refractivity contribution in [2.24, 2.45) is 0 Å². The van der Waals surface area contributed by atoms with Crippen LogP contribution >= 0.6 is 0 Å². The Morgan fingerprint density at radius 1 is 1.42 bits per heavy atom. The quantitative estimate of drug-likeness (QED) is 0.702. The highest BCUT2D eigenvalue weighted by Gasteiger charge is 2.32. The smallest absolute Gasteiger partial charge is 0.243 e. The number of epoxide rings is 1. The minimum atomic E-state index is -3.49. The third-order valence-corrected chi connectivity index (χ3v) is 5.09. The van der Waals surface area contributed by atoms with Crippen molar-refractivity contribution in [2.45, 2.75) is 17.9 Å². The lowest BCUT2D eigenvalue weighted by Crippen LogP contribution is -2.37. The summed E-state index contributed by atoms with van der Waals surface area (Å²) in [6, 6.07) is 7.01. The molecule has 1 aliphatic heterocycles. The summed E-state index contributed by atoms with van der Waals surface area (Å²) in [6.45, 7) is 3.53. The van der Waals surface area contributed by atoms with E-state index in [4.69, 9.17) is 9.47 Å². The second-order valence-electron chi connectivity index (χ2n) is 4.58. The van der Waals surface area contributed by atoms with Crippen LogP contribution in [0.4, 0.5) is 0 Å². The van der Waals surface area contributed by atoms with E-state index in [0.29, 0.717) is 31.2 Å². The molecule has 0 aliphatic carbocycles. The van der Waals surface area contributed by atoms with E-state index in [-0.39, 0.29) is 6.10 Å². The molecule has 1 atom stereocenters. The number of benzene rings is 1. The van der Waals surface area contributed by atoms with Gasteiger partial charge >= 0.3 is 0 Å². The highest BCUT2D eigenvalue weighted by atomic mass is 32.2. The molecule has 0 saturated carbocycles. The fraction of sp³-hybridized carbons (Fsp3) is 0.538. The van der Waals surface area contributed by atoms with Gasteiger partial charge in [-0.1, -0.05) is 18.2 Å². The van der Waals surface area contributed by atoms with E-state index < -0.39 is 10.0 Å². The van der Waals surface area contributed by atoms with Crippen molar-refractivity contribution in [1.29, 1.82) is 0 Å². The molecule has 19 heavy (non-hydrogen) atoms. The summed E-state index contributed by atoms with van der Waals surface area (Å²) >= 11 is 0. The molecule has 1 unspecified atom stereocenters. The third-order valence-electron chi connectivity index (χ3n) is 3.07. The van der Waals surface area contributed by atoms with Gasteiger partial charge in [-0.3, -0.25) is 0 Å². The fourth-order valence-electron chi connectivity index (χ4n) is 1.89. The molecule has 0 aromatic heterocycles. The molecular weight excluding hydrogens is 266 g/mol. The number of sulfonamides is 1. The predicted octanol–water partition coefficient (Wildman–Crippen LogP) is 1.03. The Bertz CT molecular complexity index is 525. The van der Waals surface area contributed by atoms with Gasteiger partial charge in [0.1, 0.15) is 0 Å². The molecular formula is C13H19NO4S. The molecule has 0 bridgehead atoms. The van der Waals surface area contributed by atoms with Crippen molar-refractivity contribution in [1.82, 2.24) is 4.31 Å². The van der Waals surface area contributed by atoms with Crippen molar-refractivity contribution >= 4 is 10.0 Å². The maximum atomic E-state index is 12.6. The van der Waals surface area contributed by atoms with Gasteiger partial charge in [0, 0.05) is 20.2 Å². The average Bonchev–Trinajstić information content (AvgIpc) is 3.18. The van der Waals surface area contributed by atoms with Crippen molar-refractivity contribution < 1.29 is 17.9 Å². The standard InChI is InChI=1S/C13H19NO4S/c1-11-5-3-4-6-13(11)19(15,16)14(7-8-17-2)9-12-10-18-12/h3-6,12H,7-10H2,1-2H3. The van der Waals surface area contributed by atoms with E-state index in [1.54, 1.807) is 32.2 Å². The lowest BCUT2D eigenvalue weighted by molar-refractivity contribution is 0.176. The van der Waals surface area contributed by atoms with Crippen molar-refractivity contribution in [3.05, 3.63) is 29.8 Å². The van der Waals surface area contributed by atoms with Gasteiger partial charge in [-0.15, -0.1) is 0 Å². The largest absolute Gasteiger partial charge is 0.383 e. The first-order valence-corrected chi connectivity index (χ1v) is 7.66. The third kappa shape index (κ3) is 3.54.